The number of amides is 1. The summed E-state index contributed by atoms with van der Waals surface area (Å²) in [7, 11) is 0. The summed E-state index contributed by atoms with van der Waals surface area (Å²) in [4.78, 5) is 23.4. The number of hydrogen-bond donors (Lipinski definition) is 0. The summed E-state index contributed by atoms with van der Waals surface area (Å²) >= 11 is 0. The van der Waals surface area contributed by atoms with Gasteiger partial charge in [-0.1, -0.05) is 26.7 Å². The Hall–Kier alpha value is -1.45. The second kappa shape index (κ2) is 5.74. The predicted molar refractivity (Wildman–Crippen MR) is 82.2 cm³/mol. The van der Waals surface area contributed by atoms with Crippen molar-refractivity contribution in [3.63, 3.8) is 0 Å². The van der Waals surface area contributed by atoms with Crippen molar-refractivity contribution in [2.75, 3.05) is 13.1 Å². The van der Waals surface area contributed by atoms with Crippen LogP contribution in [0, 0.1) is 5.41 Å². The molecule has 21 heavy (non-hydrogen) atoms. The normalized spacial score (nSPS) is 21.3. The Morgan fingerprint density at radius 1 is 1.29 bits per heavy atom. The third kappa shape index (κ3) is 2.68. The van der Waals surface area contributed by atoms with Crippen LogP contribution in [0.5, 0.6) is 0 Å². The molecule has 1 saturated carbocycles. The van der Waals surface area contributed by atoms with Gasteiger partial charge in [0.15, 0.2) is 0 Å². The number of nitrogens with zero attached hydrogens (tertiary/aromatic N) is 3. The summed E-state index contributed by atoms with van der Waals surface area (Å²) in [5, 5.41) is 0. The van der Waals surface area contributed by atoms with Gasteiger partial charge in [-0.2, -0.15) is 0 Å². The summed E-state index contributed by atoms with van der Waals surface area (Å²) < 4.78 is 0. The lowest BCUT2D eigenvalue weighted by molar-refractivity contribution is 0.000847. The lowest BCUT2D eigenvalue weighted by atomic mass is 9.75. The highest BCUT2D eigenvalue weighted by Gasteiger charge is 2.42. The van der Waals surface area contributed by atoms with Crippen molar-refractivity contribution >= 4 is 5.91 Å². The average molecular weight is 287 g/mol. The van der Waals surface area contributed by atoms with Crippen LogP contribution in [-0.2, 0) is 0 Å². The Balaban J connectivity index is 1.70. The van der Waals surface area contributed by atoms with Crippen LogP contribution in [0.15, 0.2) is 12.3 Å². The van der Waals surface area contributed by atoms with Crippen LogP contribution in [0.3, 0.4) is 0 Å². The molecule has 0 N–H and O–H groups in total. The minimum absolute atomic E-state index is 0.0779. The van der Waals surface area contributed by atoms with Crippen molar-refractivity contribution in [3.05, 3.63) is 23.8 Å². The molecular formula is C17H25N3O. The SMILES string of the molecule is CCC1(CC)CN(C(=O)c2ccnc(C3CCCC3)n2)C1. The molecule has 2 heterocycles. The molecule has 114 valence electrons. The Morgan fingerprint density at radius 3 is 2.57 bits per heavy atom. The zero-order valence-corrected chi connectivity index (χ0v) is 13.1. The average Bonchev–Trinajstić information content (AvgIpc) is 3.01. The smallest absolute Gasteiger partial charge is 0.272 e. The molecule has 3 rings (SSSR count). The van der Waals surface area contributed by atoms with Gasteiger partial charge in [-0.05, 0) is 31.7 Å². The van der Waals surface area contributed by atoms with Gasteiger partial charge >= 0.3 is 0 Å². The minimum Gasteiger partial charge on any atom is -0.336 e. The summed E-state index contributed by atoms with van der Waals surface area (Å²) in [6.45, 7) is 6.19. The lowest BCUT2D eigenvalue weighted by Crippen LogP contribution is -2.58. The molecule has 1 aromatic heterocycles. The van der Waals surface area contributed by atoms with E-state index in [1.807, 2.05) is 4.90 Å². The van der Waals surface area contributed by atoms with Gasteiger partial charge in [-0.15, -0.1) is 0 Å². The number of carbonyl (C=O) groups excluding carboxylic acids is 1. The molecule has 1 saturated heterocycles. The van der Waals surface area contributed by atoms with Crippen molar-refractivity contribution in [1.29, 1.82) is 0 Å². The van der Waals surface area contributed by atoms with E-state index >= 15 is 0 Å². The van der Waals surface area contributed by atoms with Crippen molar-refractivity contribution in [2.45, 2.75) is 58.3 Å². The second-order valence-corrected chi connectivity index (χ2v) is 6.65. The fourth-order valence-corrected chi connectivity index (χ4v) is 3.64. The first kappa shape index (κ1) is 14.5. The van der Waals surface area contributed by atoms with E-state index in [0.717, 1.165) is 44.6 Å². The van der Waals surface area contributed by atoms with Gasteiger partial charge in [0.05, 0.1) is 0 Å². The quantitative estimate of drug-likeness (QED) is 0.852. The molecule has 1 aliphatic carbocycles. The Kier molecular flexibility index (Phi) is 3.96. The molecule has 2 fully saturated rings. The number of rotatable bonds is 4. The summed E-state index contributed by atoms with van der Waals surface area (Å²) in [6.07, 6.45) is 8.88. The van der Waals surface area contributed by atoms with Gasteiger partial charge in [-0.3, -0.25) is 4.79 Å². The van der Waals surface area contributed by atoms with E-state index in [0.29, 0.717) is 17.0 Å². The van der Waals surface area contributed by atoms with E-state index in [4.69, 9.17) is 0 Å². The standard InChI is InChI=1S/C17H25N3O/c1-3-17(4-2)11-20(12-17)16(21)14-9-10-18-15(19-14)13-7-5-6-8-13/h9-10,13H,3-8,11-12H2,1-2H3. The maximum Gasteiger partial charge on any atom is 0.272 e. The van der Waals surface area contributed by atoms with Gasteiger partial charge < -0.3 is 4.90 Å². The summed E-state index contributed by atoms with van der Waals surface area (Å²) in [5.74, 6) is 1.41. The molecule has 0 radical (unpaired) electrons. The predicted octanol–water partition coefficient (Wildman–Crippen LogP) is 3.40. The molecule has 0 bridgehead atoms. The fraction of sp³-hybridized carbons (Fsp3) is 0.706. The fourth-order valence-electron chi connectivity index (χ4n) is 3.64. The van der Waals surface area contributed by atoms with E-state index in [1.54, 1.807) is 12.3 Å². The monoisotopic (exact) mass is 287 g/mol. The van der Waals surface area contributed by atoms with Crippen LogP contribution in [0.4, 0.5) is 0 Å². The number of carbonyl (C=O) groups is 1. The Morgan fingerprint density at radius 2 is 1.95 bits per heavy atom. The van der Waals surface area contributed by atoms with Crippen molar-refractivity contribution in [2.24, 2.45) is 5.41 Å². The highest BCUT2D eigenvalue weighted by atomic mass is 16.2. The maximum absolute atomic E-state index is 12.5. The third-order valence-corrected chi connectivity index (χ3v) is 5.45. The number of likely N-dealkylation sites (tertiary alicyclic amines) is 1. The molecular weight excluding hydrogens is 262 g/mol. The molecule has 4 heteroatoms. The van der Waals surface area contributed by atoms with Crippen LogP contribution >= 0.6 is 0 Å². The molecule has 0 atom stereocenters. The minimum atomic E-state index is 0.0779. The molecule has 4 nitrogen and oxygen atoms in total. The summed E-state index contributed by atoms with van der Waals surface area (Å²) in [6, 6.07) is 1.76. The third-order valence-electron chi connectivity index (χ3n) is 5.45. The summed E-state index contributed by atoms with van der Waals surface area (Å²) in [5.41, 5.74) is 0.921. The first-order chi connectivity index (χ1) is 10.2. The highest BCUT2D eigenvalue weighted by molar-refractivity contribution is 5.92. The molecule has 1 aromatic rings. The molecule has 1 amide bonds. The number of aromatic nitrogens is 2. The zero-order valence-electron chi connectivity index (χ0n) is 13.1. The zero-order chi connectivity index (χ0) is 14.9. The van der Waals surface area contributed by atoms with Gasteiger partial charge in [0.2, 0.25) is 0 Å². The Bertz CT molecular complexity index is 511. The van der Waals surface area contributed by atoms with E-state index in [1.165, 1.54) is 12.8 Å². The molecule has 0 aromatic carbocycles. The van der Waals surface area contributed by atoms with Gasteiger partial charge in [0.1, 0.15) is 11.5 Å². The van der Waals surface area contributed by atoms with Crippen LogP contribution in [0.25, 0.3) is 0 Å². The van der Waals surface area contributed by atoms with E-state index < -0.39 is 0 Å². The molecule has 0 spiro atoms. The van der Waals surface area contributed by atoms with Crippen molar-refractivity contribution in [1.82, 2.24) is 14.9 Å². The van der Waals surface area contributed by atoms with Gasteiger partial charge in [0.25, 0.3) is 5.91 Å². The van der Waals surface area contributed by atoms with Gasteiger partial charge in [-0.25, -0.2) is 9.97 Å². The number of hydrogen-bond acceptors (Lipinski definition) is 3. The van der Waals surface area contributed by atoms with E-state index in [2.05, 4.69) is 23.8 Å². The topological polar surface area (TPSA) is 46.1 Å². The van der Waals surface area contributed by atoms with Crippen LogP contribution in [0.2, 0.25) is 0 Å². The van der Waals surface area contributed by atoms with Crippen LogP contribution in [0.1, 0.15) is 74.6 Å². The molecule has 1 aliphatic heterocycles. The second-order valence-electron chi connectivity index (χ2n) is 6.65. The van der Waals surface area contributed by atoms with E-state index in [9.17, 15) is 4.79 Å². The molecule has 0 unspecified atom stereocenters. The van der Waals surface area contributed by atoms with Gasteiger partial charge in [0, 0.05) is 30.6 Å². The van der Waals surface area contributed by atoms with Crippen molar-refractivity contribution in [3.8, 4) is 0 Å². The van der Waals surface area contributed by atoms with Crippen LogP contribution in [-0.4, -0.2) is 33.9 Å². The van der Waals surface area contributed by atoms with Crippen molar-refractivity contribution < 1.29 is 4.79 Å². The highest BCUT2D eigenvalue weighted by Crippen LogP contribution is 2.37. The Labute approximate surface area is 127 Å². The maximum atomic E-state index is 12.5. The largest absolute Gasteiger partial charge is 0.336 e. The first-order valence-corrected chi connectivity index (χ1v) is 8.29. The lowest BCUT2D eigenvalue weighted by Gasteiger charge is -2.49. The first-order valence-electron chi connectivity index (χ1n) is 8.29. The molecule has 2 aliphatic rings. The van der Waals surface area contributed by atoms with Crippen LogP contribution < -0.4 is 0 Å². The van der Waals surface area contributed by atoms with E-state index in [-0.39, 0.29) is 5.91 Å².